The first-order valence-electron chi connectivity index (χ1n) is 6.34. The van der Waals surface area contributed by atoms with E-state index >= 15 is 0 Å². The van der Waals surface area contributed by atoms with Crippen LogP contribution in [0.4, 0.5) is 0 Å². The van der Waals surface area contributed by atoms with Crippen LogP contribution in [0.3, 0.4) is 0 Å². The summed E-state index contributed by atoms with van der Waals surface area (Å²) in [5.74, 6) is 0.486. The lowest BCUT2D eigenvalue weighted by molar-refractivity contribution is -0.145. The van der Waals surface area contributed by atoms with E-state index in [-0.39, 0.29) is 18.1 Å². The molecule has 0 fully saturated rings. The van der Waals surface area contributed by atoms with Gasteiger partial charge in [0, 0.05) is 21.2 Å². The smallest absolute Gasteiger partial charge is 0.324 e. The van der Waals surface area contributed by atoms with Crippen LogP contribution in [-0.2, 0) is 9.53 Å². The number of ether oxygens (including phenoxy) is 1. The van der Waals surface area contributed by atoms with E-state index in [1.54, 1.807) is 11.8 Å². The van der Waals surface area contributed by atoms with Gasteiger partial charge in [0.15, 0.2) is 0 Å². The van der Waals surface area contributed by atoms with E-state index in [4.69, 9.17) is 4.74 Å². The van der Waals surface area contributed by atoms with Crippen molar-refractivity contribution in [1.82, 2.24) is 5.32 Å². The highest BCUT2D eigenvalue weighted by atomic mass is 79.9. The molecule has 1 N–H and O–H groups in total. The van der Waals surface area contributed by atoms with Crippen LogP contribution in [0.15, 0.2) is 33.6 Å². The largest absolute Gasteiger partial charge is 0.465 e. The van der Waals surface area contributed by atoms with Crippen LogP contribution in [-0.4, -0.2) is 30.4 Å². The average molecular weight is 346 g/mol. The van der Waals surface area contributed by atoms with Gasteiger partial charge in [0.2, 0.25) is 0 Å². The summed E-state index contributed by atoms with van der Waals surface area (Å²) in [4.78, 5) is 13.0. The second-order valence-electron chi connectivity index (χ2n) is 4.39. The van der Waals surface area contributed by atoms with Crippen LogP contribution < -0.4 is 5.32 Å². The highest BCUT2D eigenvalue weighted by Crippen LogP contribution is 2.21. The van der Waals surface area contributed by atoms with E-state index in [9.17, 15) is 4.79 Å². The van der Waals surface area contributed by atoms with E-state index in [1.165, 1.54) is 0 Å². The molecule has 5 heteroatoms. The third-order valence-electron chi connectivity index (χ3n) is 2.34. The number of esters is 1. The molecule has 1 unspecified atom stereocenters. The Kier molecular flexibility index (Phi) is 7.49. The van der Waals surface area contributed by atoms with Crippen LogP contribution in [0.1, 0.15) is 20.8 Å². The molecule has 0 aliphatic heterocycles. The normalized spacial score (nSPS) is 12.5. The Morgan fingerprint density at radius 1 is 1.37 bits per heavy atom. The van der Waals surface area contributed by atoms with Crippen molar-refractivity contribution >= 4 is 33.7 Å². The number of carbonyl (C=O) groups is 1. The Bertz CT molecular complexity index is 395. The molecule has 1 atom stereocenters. The molecular formula is C14H20BrNO2S. The molecule has 3 nitrogen and oxygen atoms in total. The summed E-state index contributed by atoms with van der Waals surface area (Å²) in [5.41, 5.74) is 0. The fourth-order valence-corrected chi connectivity index (χ4v) is 2.72. The van der Waals surface area contributed by atoms with E-state index < -0.39 is 0 Å². The number of halogens is 1. The molecule has 1 rings (SSSR count). The van der Waals surface area contributed by atoms with Gasteiger partial charge in [-0.25, -0.2) is 0 Å². The minimum Gasteiger partial charge on any atom is -0.465 e. The van der Waals surface area contributed by atoms with Crippen LogP contribution in [0, 0.1) is 0 Å². The molecule has 0 bridgehead atoms. The Morgan fingerprint density at radius 2 is 2.00 bits per heavy atom. The summed E-state index contributed by atoms with van der Waals surface area (Å²) < 4.78 is 6.14. The molecule has 0 heterocycles. The summed E-state index contributed by atoms with van der Waals surface area (Å²) in [6.07, 6.45) is 0. The summed E-state index contributed by atoms with van der Waals surface area (Å²) in [5, 5.41) is 3.24. The Hall–Kier alpha value is -0.520. The van der Waals surface area contributed by atoms with Gasteiger partial charge in [-0.15, -0.1) is 11.8 Å². The molecular weight excluding hydrogens is 326 g/mol. The van der Waals surface area contributed by atoms with Crippen molar-refractivity contribution in [2.45, 2.75) is 37.8 Å². The number of benzene rings is 1. The Morgan fingerprint density at radius 3 is 2.53 bits per heavy atom. The lowest BCUT2D eigenvalue weighted by Crippen LogP contribution is -2.43. The molecule has 0 saturated carbocycles. The summed E-state index contributed by atoms with van der Waals surface area (Å²) in [6.45, 7) is 6.29. The number of hydrogen-bond acceptors (Lipinski definition) is 4. The molecule has 106 valence electrons. The zero-order chi connectivity index (χ0) is 14.3. The number of hydrogen-bond donors (Lipinski definition) is 1. The third kappa shape index (κ3) is 6.45. The molecule has 0 aliphatic rings. The molecule has 0 amide bonds. The second kappa shape index (κ2) is 8.61. The molecule has 1 aromatic carbocycles. The number of carbonyl (C=O) groups excluding carboxylic acids is 1. The minimum absolute atomic E-state index is 0.180. The lowest BCUT2D eigenvalue weighted by atomic mass is 10.3. The van der Waals surface area contributed by atoms with Crippen LogP contribution in [0.5, 0.6) is 0 Å². The predicted octanol–water partition coefficient (Wildman–Crippen LogP) is 3.47. The van der Waals surface area contributed by atoms with Crippen molar-refractivity contribution in [3.05, 3.63) is 28.7 Å². The van der Waals surface area contributed by atoms with Crippen molar-refractivity contribution in [2.24, 2.45) is 0 Å². The molecule has 1 aromatic rings. The molecule has 0 radical (unpaired) electrons. The van der Waals surface area contributed by atoms with Crippen LogP contribution in [0.2, 0.25) is 0 Å². The van der Waals surface area contributed by atoms with Crippen LogP contribution in [0.25, 0.3) is 0 Å². The van der Waals surface area contributed by atoms with Crippen LogP contribution >= 0.6 is 27.7 Å². The number of thioether (sulfide) groups is 1. The van der Waals surface area contributed by atoms with E-state index in [0.29, 0.717) is 12.4 Å². The van der Waals surface area contributed by atoms with Gasteiger partial charge in [-0.3, -0.25) is 4.79 Å². The maximum atomic E-state index is 11.8. The van der Waals surface area contributed by atoms with Gasteiger partial charge in [0.25, 0.3) is 0 Å². The van der Waals surface area contributed by atoms with Gasteiger partial charge in [-0.1, -0.05) is 29.8 Å². The highest BCUT2D eigenvalue weighted by Gasteiger charge is 2.20. The topological polar surface area (TPSA) is 38.3 Å². The van der Waals surface area contributed by atoms with Crippen molar-refractivity contribution in [1.29, 1.82) is 0 Å². The van der Waals surface area contributed by atoms with Gasteiger partial charge in [-0.2, -0.15) is 0 Å². The zero-order valence-electron chi connectivity index (χ0n) is 11.5. The maximum absolute atomic E-state index is 11.8. The maximum Gasteiger partial charge on any atom is 0.324 e. The minimum atomic E-state index is -0.270. The summed E-state index contributed by atoms with van der Waals surface area (Å²) >= 11 is 5.06. The molecule has 0 aliphatic carbocycles. The average Bonchev–Trinajstić information content (AvgIpc) is 2.36. The number of rotatable bonds is 7. The van der Waals surface area contributed by atoms with Crippen molar-refractivity contribution < 1.29 is 9.53 Å². The van der Waals surface area contributed by atoms with E-state index in [1.807, 2.05) is 45.0 Å². The summed E-state index contributed by atoms with van der Waals surface area (Å²) in [7, 11) is 0. The summed E-state index contributed by atoms with van der Waals surface area (Å²) in [6, 6.07) is 8.04. The molecule has 0 saturated heterocycles. The fourth-order valence-electron chi connectivity index (χ4n) is 1.54. The number of nitrogens with one attached hydrogen (secondary N) is 1. The van der Waals surface area contributed by atoms with Gasteiger partial charge >= 0.3 is 5.97 Å². The molecule has 0 spiro atoms. The lowest BCUT2D eigenvalue weighted by Gasteiger charge is -2.19. The monoisotopic (exact) mass is 345 g/mol. The fraction of sp³-hybridized carbons (Fsp3) is 0.500. The zero-order valence-corrected chi connectivity index (χ0v) is 13.9. The third-order valence-corrected chi connectivity index (χ3v) is 3.97. The standard InChI is InChI=1S/C14H20BrNO2S/c1-4-18-14(17)13(16-10(2)3)9-19-12-7-5-11(15)6-8-12/h5-8,10,13,16H,4,9H2,1-3H3. The van der Waals surface area contributed by atoms with E-state index in [2.05, 4.69) is 21.2 Å². The predicted molar refractivity (Wildman–Crippen MR) is 83.6 cm³/mol. The van der Waals surface area contributed by atoms with Gasteiger partial charge in [-0.05, 0) is 31.2 Å². The molecule has 0 aromatic heterocycles. The van der Waals surface area contributed by atoms with Gasteiger partial charge in [0.1, 0.15) is 6.04 Å². The first kappa shape index (κ1) is 16.5. The highest BCUT2D eigenvalue weighted by molar-refractivity contribution is 9.10. The van der Waals surface area contributed by atoms with Crippen molar-refractivity contribution in [2.75, 3.05) is 12.4 Å². The van der Waals surface area contributed by atoms with Crippen molar-refractivity contribution in [3.63, 3.8) is 0 Å². The van der Waals surface area contributed by atoms with Gasteiger partial charge in [0.05, 0.1) is 6.61 Å². The second-order valence-corrected chi connectivity index (χ2v) is 6.40. The Labute approximate surface area is 127 Å². The van der Waals surface area contributed by atoms with E-state index in [0.717, 1.165) is 9.37 Å². The quantitative estimate of drug-likeness (QED) is 0.606. The first-order valence-corrected chi connectivity index (χ1v) is 8.11. The Balaban J connectivity index is 2.56. The molecule has 19 heavy (non-hydrogen) atoms. The first-order chi connectivity index (χ1) is 9.02. The van der Waals surface area contributed by atoms with Crippen molar-refractivity contribution in [3.8, 4) is 0 Å². The SMILES string of the molecule is CCOC(=O)C(CSc1ccc(Br)cc1)NC(C)C. The van der Waals surface area contributed by atoms with Gasteiger partial charge < -0.3 is 10.1 Å².